The molecule has 1 aliphatic heterocycles. The molecule has 1 heterocycles. The van der Waals surface area contributed by atoms with Gasteiger partial charge in [-0.1, -0.05) is 0 Å². The molecule has 0 aromatic heterocycles. The van der Waals surface area contributed by atoms with Gasteiger partial charge in [-0.3, -0.25) is 0 Å². The molecule has 0 bridgehead atoms. The van der Waals surface area contributed by atoms with Crippen LogP contribution < -0.4 is 10.6 Å². The first kappa shape index (κ1) is 13.6. The number of nitrogen functional groups attached to an aromatic ring is 1. The van der Waals surface area contributed by atoms with Crippen LogP contribution in [-0.2, 0) is 9.84 Å². The number of hydrogen-bond acceptors (Lipinski definition) is 5. The molecule has 1 aliphatic rings. The van der Waals surface area contributed by atoms with Crippen LogP contribution in [0.2, 0.25) is 0 Å². The molecule has 0 saturated carbocycles. The Bertz CT molecular complexity index is 616. The van der Waals surface area contributed by atoms with Gasteiger partial charge in [0.25, 0.3) is 0 Å². The molecule has 6 nitrogen and oxygen atoms in total. The van der Waals surface area contributed by atoms with Crippen molar-refractivity contribution in [3.05, 3.63) is 23.5 Å². The molecular formula is C11H13FN2O4S. The predicted octanol–water partition coefficient (Wildman–Crippen LogP) is 0.341. The lowest BCUT2D eigenvalue weighted by Crippen LogP contribution is -2.40. The highest BCUT2D eigenvalue weighted by Crippen LogP contribution is 2.28. The fraction of sp³-hybridized carbons (Fsp3) is 0.364. The number of anilines is 2. The number of nitrogens with two attached hydrogens (primary N) is 1. The van der Waals surface area contributed by atoms with E-state index < -0.39 is 27.2 Å². The van der Waals surface area contributed by atoms with Gasteiger partial charge in [0.05, 0.1) is 28.4 Å². The fourth-order valence-corrected chi connectivity index (χ4v) is 3.17. The van der Waals surface area contributed by atoms with Crippen molar-refractivity contribution >= 4 is 27.2 Å². The molecule has 1 saturated heterocycles. The number of sulfone groups is 1. The number of carbonyl (C=O) groups is 1. The highest BCUT2D eigenvalue weighted by Gasteiger charge is 2.24. The van der Waals surface area contributed by atoms with Gasteiger partial charge in [-0.15, -0.1) is 0 Å². The Hall–Kier alpha value is -1.83. The number of rotatable bonds is 2. The summed E-state index contributed by atoms with van der Waals surface area (Å²) < 4.78 is 36.2. The van der Waals surface area contributed by atoms with E-state index in [1.807, 2.05) is 0 Å². The van der Waals surface area contributed by atoms with Gasteiger partial charge in [0.15, 0.2) is 9.84 Å². The zero-order valence-corrected chi connectivity index (χ0v) is 10.8. The van der Waals surface area contributed by atoms with E-state index in [4.69, 9.17) is 10.8 Å². The summed E-state index contributed by atoms with van der Waals surface area (Å²) in [5.41, 5.74) is 5.66. The van der Waals surface area contributed by atoms with Gasteiger partial charge < -0.3 is 15.7 Å². The van der Waals surface area contributed by atoms with E-state index in [2.05, 4.69) is 0 Å². The third-order valence-corrected chi connectivity index (χ3v) is 4.64. The van der Waals surface area contributed by atoms with Crippen LogP contribution in [-0.4, -0.2) is 44.1 Å². The summed E-state index contributed by atoms with van der Waals surface area (Å²) in [4.78, 5) is 12.4. The second kappa shape index (κ2) is 4.69. The molecule has 0 amide bonds. The number of benzene rings is 1. The van der Waals surface area contributed by atoms with E-state index in [-0.39, 0.29) is 30.3 Å². The molecule has 0 unspecified atom stereocenters. The van der Waals surface area contributed by atoms with E-state index in [1.165, 1.54) is 0 Å². The molecule has 0 atom stereocenters. The first-order chi connectivity index (χ1) is 8.80. The summed E-state index contributed by atoms with van der Waals surface area (Å²) in [6, 6.07) is 2.09. The summed E-state index contributed by atoms with van der Waals surface area (Å²) in [6.07, 6.45) is 0. The number of carboxylic acid groups (broad SMARTS) is 1. The number of hydrogen-bond donors (Lipinski definition) is 2. The molecule has 8 heteroatoms. The Morgan fingerprint density at radius 1 is 1.32 bits per heavy atom. The highest BCUT2D eigenvalue weighted by atomic mass is 32.2. The average Bonchev–Trinajstić information content (AvgIpc) is 2.31. The Morgan fingerprint density at radius 2 is 1.89 bits per heavy atom. The highest BCUT2D eigenvalue weighted by molar-refractivity contribution is 7.91. The molecule has 104 valence electrons. The third-order valence-electron chi connectivity index (χ3n) is 3.03. The van der Waals surface area contributed by atoms with E-state index >= 15 is 0 Å². The summed E-state index contributed by atoms with van der Waals surface area (Å²) in [6.45, 7) is 0.441. The van der Waals surface area contributed by atoms with E-state index in [9.17, 15) is 17.6 Å². The Morgan fingerprint density at radius 3 is 2.42 bits per heavy atom. The van der Waals surface area contributed by atoms with Gasteiger partial charge >= 0.3 is 5.97 Å². The minimum atomic E-state index is -3.04. The molecule has 1 fully saturated rings. The van der Waals surface area contributed by atoms with Crippen LogP contribution in [0.4, 0.5) is 15.8 Å². The Labute approximate surface area is 109 Å². The third kappa shape index (κ3) is 2.78. The lowest BCUT2D eigenvalue weighted by atomic mass is 10.1. The summed E-state index contributed by atoms with van der Waals surface area (Å²) in [7, 11) is -3.04. The number of halogens is 1. The average molecular weight is 288 g/mol. The van der Waals surface area contributed by atoms with E-state index in [0.717, 1.165) is 12.1 Å². The summed E-state index contributed by atoms with van der Waals surface area (Å²) in [5, 5.41) is 8.77. The minimum Gasteiger partial charge on any atom is -0.478 e. The molecule has 19 heavy (non-hydrogen) atoms. The smallest absolute Gasteiger partial charge is 0.338 e. The number of nitrogens with zero attached hydrogens (tertiary/aromatic N) is 1. The maximum atomic E-state index is 13.6. The molecule has 3 N–H and O–H groups in total. The van der Waals surface area contributed by atoms with Crippen LogP contribution >= 0.6 is 0 Å². The molecule has 1 aromatic rings. The van der Waals surface area contributed by atoms with Crippen molar-refractivity contribution < 1.29 is 22.7 Å². The lowest BCUT2D eigenvalue weighted by molar-refractivity contribution is 0.0692. The first-order valence-corrected chi connectivity index (χ1v) is 7.40. The largest absolute Gasteiger partial charge is 0.478 e. The van der Waals surface area contributed by atoms with Crippen LogP contribution in [0.5, 0.6) is 0 Å². The lowest BCUT2D eigenvalue weighted by Gasteiger charge is -2.29. The van der Waals surface area contributed by atoms with Crippen molar-refractivity contribution in [3.63, 3.8) is 0 Å². The van der Waals surface area contributed by atoms with Crippen molar-refractivity contribution in [3.8, 4) is 0 Å². The number of carboxylic acids is 1. The van der Waals surface area contributed by atoms with Crippen molar-refractivity contribution in [2.24, 2.45) is 0 Å². The molecule has 0 radical (unpaired) electrons. The van der Waals surface area contributed by atoms with Gasteiger partial charge in [-0.2, -0.15) is 0 Å². The predicted molar refractivity (Wildman–Crippen MR) is 68.6 cm³/mol. The quantitative estimate of drug-likeness (QED) is 0.761. The van der Waals surface area contributed by atoms with Crippen molar-refractivity contribution in [1.29, 1.82) is 0 Å². The van der Waals surface area contributed by atoms with Gasteiger partial charge in [0, 0.05) is 19.2 Å². The molecule has 1 aromatic carbocycles. The normalized spacial score (nSPS) is 18.3. The second-order valence-electron chi connectivity index (χ2n) is 4.33. The standard InChI is InChI=1S/C11H13FN2O4S/c12-8-6-10(9(13)5-7(8)11(15)16)14-1-3-19(17,18)4-2-14/h5-6H,1-4,13H2,(H,15,16). The topological polar surface area (TPSA) is 101 Å². The maximum absolute atomic E-state index is 13.6. The van der Waals surface area contributed by atoms with Crippen molar-refractivity contribution in [2.45, 2.75) is 0 Å². The zero-order valence-electron chi connectivity index (χ0n) is 9.97. The summed E-state index contributed by atoms with van der Waals surface area (Å²) >= 11 is 0. The van der Waals surface area contributed by atoms with E-state index in [1.54, 1.807) is 4.90 Å². The first-order valence-electron chi connectivity index (χ1n) is 5.58. The van der Waals surface area contributed by atoms with Crippen LogP contribution in [0, 0.1) is 5.82 Å². The Kier molecular flexibility index (Phi) is 3.36. The van der Waals surface area contributed by atoms with Crippen LogP contribution in [0.25, 0.3) is 0 Å². The summed E-state index contributed by atoms with van der Waals surface area (Å²) in [5.74, 6) is -2.31. The molecule has 0 aliphatic carbocycles. The molecular weight excluding hydrogens is 275 g/mol. The zero-order chi connectivity index (χ0) is 14.2. The van der Waals surface area contributed by atoms with Crippen LogP contribution in [0.1, 0.15) is 10.4 Å². The van der Waals surface area contributed by atoms with Gasteiger partial charge in [0.2, 0.25) is 0 Å². The van der Waals surface area contributed by atoms with Crippen LogP contribution in [0.15, 0.2) is 12.1 Å². The monoisotopic (exact) mass is 288 g/mol. The minimum absolute atomic E-state index is 0.0191. The molecule has 2 rings (SSSR count). The maximum Gasteiger partial charge on any atom is 0.338 e. The SMILES string of the molecule is Nc1cc(C(=O)O)c(F)cc1N1CCS(=O)(=O)CC1. The van der Waals surface area contributed by atoms with Gasteiger partial charge in [0.1, 0.15) is 5.82 Å². The second-order valence-corrected chi connectivity index (χ2v) is 6.64. The fourth-order valence-electron chi connectivity index (χ4n) is 1.97. The van der Waals surface area contributed by atoms with E-state index in [0.29, 0.717) is 5.69 Å². The van der Waals surface area contributed by atoms with Crippen molar-refractivity contribution in [1.82, 2.24) is 0 Å². The van der Waals surface area contributed by atoms with Gasteiger partial charge in [-0.25, -0.2) is 17.6 Å². The van der Waals surface area contributed by atoms with Crippen molar-refractivity contribution in [2.75, 3.05) is 35.2 Å². The van der Waals surface area contributed by atoms with Gasteiger partial charge in [-0.05, 0) is 6.07 Å². The molecule has 0 spiro atoms. The van der Waals surface area contributed by atoms with Crippen LogP contribution in [0.3, 0.4) is 0 Å². The number of aromatic carboxylic acids is 1. The Balaban J connectivity index is 2.32.